The lowest BCUT2D eigenvalue weighted by molar-refractivity contribution is 0.475. The highest BCUT2D eigenvalue weighted by Gasteiger charge is 2.22. The van der Waals surface area contributed by atoms with Crippen LogP contribution in [0.1, 0.15) is 0 Å². The first-order chi connectivity index (χ1) is 2.00. The number of halogens is 3. The fourth-order valence-electron chi connectivity index (χ4n) is 0. The normalized spacial score (nSPS) is 10.0. The van der Waals surface area contributed by atoms with E-state index in [-0.39, 0.29) is 6.15 Å². The topological polar surface area (TPSA) is 50.4 Å². The quantitative estimate of drug-likeness (QED) is 0.380. The van der Waals surface area contributed by atoms with Gasteiger partial charge in [0.05, 0.1) is 0 Å². The van der Waals surface area contributed by atoms with Gasteiger partial charge in [-0.1, -0.05) is 33.2 Å². The summed E-state index contributed by atoms with van der Waals surface area (Å²) in [5, 5.41) is 0. The highest BCUT2D eigenvalue weighted by Crippen LogP contribution is 2.14. The van der Waals surface area contributed by atoms with E-state index in [4.69, 9.17) is 0 Å². The molecule has 0 fully saturated rings. The molecule has 6 heavy (non-hydrogen) atoms. The van der Waals surface area contributed by atoms with Crippen LogP contribution in [0.2, 0.25) is 0 Å². The van der Waals surface area contributed by atoms with Gasteiger partial charge in [-0.05, 0) is 0 Å². The van der Waals surface area contributed by atoms with Crippen molar-refractivity contribution in [2.75, 3.05) is 0 Å². The van der Waals surface area contributed by atoms with Crippen LogP contribution < -0.4 is 6.15 Å². The summed E-state index contributed by atoms with van der Waals surface area (Å²) in [7, 11) is 0. The van der Waals surface area contributed by atoms with E-state index < -0.39 is 6.25 Å². The number of rotatable bonds is 0. The smallest absolute Gasteiger partial charge is 0.236 e. The highest BCUT2D eigenvalue weighted by molar-refractivity contribution is 7.61. The van der Waals surface area contributed by atoms with Gasteiger partial charge < -0.3 is 0 Å². The van der Waals surface area contributed by atoms with Gasteiger partial charge in [-0.2, -0.15) is 0 Å². The van der Waals surface area contributed by atoms with Gasteiger partial charge in [-0.15, -0.1) is 0 Å². The lowest BCUT2D eigenvalue weighted by Gasteiger charge is -1.83. The fourth-order valence-corrected chi connectivity index (χ4v) is 0. The van der Waals surface area contributed by atoms with Crippen LogP contribution in [0.15, 0.2) is 0 Å². The van der Waals surface area contributed by atoms with E-state index in [1.54, 1.807) is 0 Å². The van der Waals surface area contributed by atoms with Crippen LogP contribution >= 0.6 is 33.2 Å². The lowest BCUT2D eigenvalue weighted by Crippen LogP contribution is -2.02. The summed E-state index contributed by atoms with van der Waals surface area (Å²) >= 11 is 13.9. The largest absolute Gasteiger partial charge is 0.521 e. The van der Waals surface area contributed by atoms with Crippen molar-refractivity contribution in [3.63, 3.8) is 0 Å². The molecule has 36 valence electrons. The van der Waals surface area contributed by atoms with Crippen LogP contribution in [-0.2, 0) is 4.80 Å². The summed E-state index contributed by atoms with van der Waals surface area (Å²) in [6, 6.07) is 0. The Morgan fingerprint density at radius 1 is 1.17 bits per heavy atom. The maximum Gasteiger partial charge on any atom is 0.521 e. The van der Waals surface area contributed by atoms with Gasteiger partial charge >= 0.3 is 6.25 Å². The molecule has 0 aromatic carbocycles. The summed E-state index contributed by atoms with van der Waals surface area (Å²) in [5.74, 6) is 0. The third kappa shape index (κ3) is 79.3. The van der Waals surface area contributed by atoms with Crippen LogP contribution in [0, 0.1) is 0 Å². The fraction of sp³-hybridized carbons (Fsp3) is 0. The zero-order valence-electron chi connectivity index (χ0n) is 2.49. The molecular weight excluding hydrogens is 164 g/mol. The van der Waals surface area contributed by atoms with Crippen molar-refractivity contribution >= 4 is 39.5 Å². The average molecular weight is 164 g/mol. The van der Waals surface area contributed by atoms with Crippen molar-refractivity contribution in [2.45, 2.75) is 0 Å². The van der Waals surface area contributed by atoms with Crippen LogP contribution in [0.5, 0.6) is 0 Å². The van der Waals surface area contributed by atoms with Crippen LogP contribution in [0.3, 0.4) is 0 Å². The second-order valence-corrected chi connectivity index (χ2v) is 7.87. The van der Waals surface area contributed by atoms with E-state index in [0.29, 0.717) is 0 Å². The SMILES string of the molecule is [N].[O][Si](Cl)(Cl)Cl. The van der Waals surface area contributed by atoms with E-state index in [9.17, 15) is 4.80 Å². The predicted molar refractivity (Wildman–Crippen MR) is 26.1 cm³/mol. The molecule has 0 aliphatic carbocycles. The Hall–Kier alpha value is 1.01. The Morgan fingerprint density at radius 2 is 1.17 bits per heavy atom. The third-order valence-corrected chi connectivity index (χ3v) is 0. The van der Waals surface area contributed by atoms with Crippen molar-refractivity contribution < 1.29 is 4.80 Å². The van der Waals surface area contributed by atoms with Gasteiger partial charge in [-0.3, -0.25) is 0 Å². The Morgan fingerprint density at radius 3 is 1.17 bits per heavy atom. The zero-order chi connectivity index (χ0) is 4.50. The zero-order valence-corrected chi connectivity index (χ0v) is 5.76. The molecule has 0 aromatic heterocycles. The van der Waals surface area contributed by atoms with Crippen molar-refractivity contribution in [2.24, 2.45) is 0 Å². The molecule has 0 N–H and O–H groups in total. The van der Waals surface area contributed by atoms with Gasteiger partial charge in [0, 0.05) is 6.15 Å². The molecule has 0 aliphatic heterocycles. The molecule has 0 rings (SSSR count). The Balaban J connectivity index is 0. The third-order valence-electron chi connectivity index (χ3n) is 0. The van der Waals surface area contributed by atoms with Crippen LogP contribution in [0.4, 0.5) is 0 Å². The minimum atomic E-state index is -3.44. The average Bonchev–Trinajstić information content (AvgIpc) is 0.722. The number of hydrogen-bond acceptors (Lipinski definition) is 0. The second kappa shape index (κ2) is 3.07. The predicted octanol–water partition coefficient (Wildman–Crippen LogP) is 1.09. The Kier molecular flexibility index (Phi) is 5.16. The molecule has 6 heteroatoms. The van der Waals surface area contributed by atoms with Gasteiger partial charge in [0.2, 0.25) is 0 Å². The molecule has 0 aromatic rings. The molecule has 0 spiro atoms. The van der Waals surface area contributed by atoms with Crippen molar-refractivity contribution in [3.05, 3.63) is 0 Å². The molecule has 0 heterocycles. The molecule has 2 nitrogen and oxygen atoms in total. The second-order valence-electron chi connectivity index (χ2n) is 0.446. The Bertz CT molecular complexity index is 26.3. The van der Waals surface area contributed by atoms with Gasteiger partial charge in [0.25, 0.3) is 0 Å². The minimum absolute atomic E-state index is 0. The van der Waals surface area contributed by atoms with Crippen LogP contribution in [0.25, 0.3) is 0 Å². The maximum atomic E-state index is 9.54. The Labute approximate surface area is 50.8 Å². The van der Waals surface area contributed by atoms with E-state index in [1.165, 1.54) is 0 Å². The molecule has 0 saturated carbocycles. The van der Waals surface area contributed by atoms with E-state index in [1.807, 2.05) is 0 Å². The molecule has 0 atom stereocenters. The van der Waals surface area contributed by atoms with E-state index in [0.717, 1.165) is 0 Å². The lowest BCUT2D eigenvalue weighted by atomic mass is 14.0. The molecular formula is Cl3NOSi. The summed E-state index contributed by atoms with van der Waals surface area (Å²) in [6.07, 6.45) is -3.44. The highest BCUT2D eigenvalue weighted by atomic mass is 35.8. The first-order valence-corrected chi connectivity index (χ1v) is 5.71. The molecule has 0 aliphatic rings. The standard InChI is InChI=1S/Cl3OSi.N/c1-5(2,3)4;. The minimum Gasteiger partial charge on any atom is -0.236 e. The van der Waals surface area contributed by atoms with Gasteiger partial charge in [0.1, 0.15) is 0 Å². The van der Waals surface area contributed by atoms with E-state index in [2.05, 4.69) is 33.2 Å². The molecule has 0 saturated heterocycles. The van der Waals surface area contributed by atoms with Crippen molar-refractivity contribution in [3.8, 4) is 0 Å². The van der Waals surface area contributed by atoms with Crippen LogP contribution in [-0.4, -0.2) is 6.25 Å². The number of hydrogen-bond donors (Lipinski definition) is 0. The summed E-state index contributed by atoms with van der Waals surface area (Å²) in [6.45, 7) is 0. The number of nitrogens with zero attached hydrogens (tertiary/aromatic N) is 1. The monoisotopic (exact) mass is 163 g/mol. The molecule has 0 unspecified atom stereocenters. The van der Waals surface area contributed by atoms with Gasteiger partial charge in [-0.25, -0.2) is 4.80 Å². The van der Waals surface area contributed by atoms with Gasteiger partial charge in [0.15, 0.2) is 0 Å². The van der Waals surface area contributed by atoms with Crippen molar-refractivity contribution in [1.29, 1.82) is 0 Å². The van der Waals surface area contributed by atoms with Crippen molar-refractivity contribution in [1.82, 2.24) is 6.15 Å². The first-order valence-electron chi connectivity index (χ1n) is 0.771. The molecule has 4 radical (unpaired) electrons. The molecule has 0 bridgehead atoms. The summed E-state index contributed by atoms with van der Waals surface area (Å²) in [4.78, 5) is 9.54. The maximum absolute atomic E-state index is 9.54. The molecule has 0 amide bonds. The first kappa shape index (κ1) is 10.1. The van der Waals surface area contributed by atoms with E-state index >= 15 is 0 Å². The summed E-state index contributed by atoms with van der Waals surface area (Å²) < 4.78 is 0. The summed E-state index contributed by atoms with van der Waals surface area (Å²) in [5.41, 5.74) is 0.